The Kier molecular flexibility index (Phi) is 5.00. The Morgan fingerprint density at radius 1 is 1.20 bits per heavy atom. The van der Waals surface area contributed by atoms with Crippen LogP contribution in [0.15, 0.2) is 23.8 Å². The maximum atomic E-state index is 6.22. The summed E-state index contributed by atoms with van der Waals surface area (Å²) in [6, 6.07) is 4.46. The highest BCUT2D eigenvalue weighted by Gasteiger charge is 2.21. The van der Waals surface area contributed by atoms with Gasteiger partial charge in [-0.1, -0.05) is 45.4 Å². The second-order valence-electron chi connectivity index (χ2n) is 5.46. The third-order valence-corrected chi connectivity index (χ3v) is 4.48. The molecule has 108 valence electrons. The Hall–Kier alpha value is -1.13. The van der Waals surface area contributed by atoms with Crippen molar-refractivity contribution in [2.45, 2.75) is 39.7 Å². The number of anilines is 1. The van der Waals surface area contributed by atoms with Gasteiger partial charge in [0.2, 0.25) is 0 Å². The molecule has 0 spiro atoms. The van der Waals surface area contributed by atoms with E-state index < -0.39 is 0 Å². The summed E-state index contributed by atoms with van der Waals surface area (Å²) in [4.78, 5) is 9.79. The standard InChI is InChI=1S/C15H20ClN3S/c1-9(2)12-14(16)17-8-18-15(12)19-13(10(3)4)11-6-5-7-20-11/h5-10,13H,1-4H3,(H,17,18,19). The molecule has 1 atom stereocenters. The number of hydrogen-bond acceptors (Lipinski definition) is 4. The molecule has 0 radical (unpaired) electrons. The summed E-state index contributed by atoms with van der Waals surface area (Å²) in [7, 11) is 0. The summed E-state index contributed by atoms with van der Waals surface area (Å²) in [5.41, 5.74) is 0.983. The number of hydrogen-bond donors (Lipinski definition) is 1. The zero-order valence-corrected chi connectivity index (χ0v) is 13.8. The highest BCUT2D eigenvalue weighted by molar-refractivity contribution is 7.10. The van der Waals surface area contributed by atoms with Crippen LogP contribution < -0.4 is 5.32 Å². The molecule has 2 aromatic heterocycles. The van der Waals surface area contributed by atoms with Crippen molar-refractivity contribution in [3.8, 4) is 0 Å². The molecule has 1 N–H and O–H groups in total. The number of thiophene rings is 1. The molecule has 2 aromatic rings. The molecule has 5 heteroatoms. The molecule has 0 amide bonds. The number of aromatic nitrogens is 2. The average Bonchev–Trinajstić information content (AvgIpc) is 2.88. The van der Waals surface area contributed by atoms with E-state index in [1.165, 1.54) is 11.2 Å². The molecule has 0 saturated heterocycles. The Morgan fingerprint density at radius 2 is 1.95 bits per heavy atom. The third-order valence-electron chi connectivity index (χ3n) is 3.22. The van der Waals surface area contributed by atoms with E-state index in [0.29, 0.717) is 11.1 Å². The Labute approximate surface area is 129 Å². The lowest BCUT2D eigenvalue weighted by molar-refractivity contribution is 0.550. The van der Waals surface area contributed by atoms with Gasteiger partial charge in [-0.05, 0) is 23.3 Å². The first-order valence-corrected chi connectivity index (χ1v) is 8.06. The largest absolute Gasteiger partial charge is 0.362 e. The predicted molar refractivity (Wildman–Crippen MR) is 86.7 cm³/mol. The lowest BCUT2D eigenvalue weighted by Crippen LogP contribution is -2.18. The lowest BCUT2D eigenvalue weighted by atomic mass is 10.0. The molecular formula is C15H20ClN3S. The highest BCUT2D eigenvalue weighted by atomic mass is 35.5. The predicted octanol–water partition coefficient (Wildman–Crippen LogP) is 5.12. The summed E-state index contributed by atoms with van der Waals surface area (Å²) in [6.07, 6.45) is 1.52. The maximum Gasteiger partial charge on any atom is 0.138 e. The Morgan fingerprint density at radius 3 is 2.50 bits per heavy atom. The summed E-state index contributed by atoms with van der Waals surface area (Å²) >= 11 is 7.98. The van der Waals surface area contributed by atoms with Gasteiger partial charge in [-0.2, -0.15) is 0 Å². The van der Waals surface area contributed by atoms with Crippen LogP contribution >= 0.6 is 22.9 Å². The molecule has 0 aromatic carbocycles. The van der Waals surface area contributed by atoms with Crippen molar-refractivity contribution in [2.24, 2.45) is 5.92 Å². The van der Waals surface area contributed by atoms with E-state index in [9.17, 15) is 0 Å². The van der Waals surface area contributed by atoms with Crippen LogP contribution in [-0.2, 0) is 0 Å². The summed E-state index contributed by atoms with van der Waals surface area (Å²) in [5.74, 6) is 1.58. The molecule has 2 heterocycles. The van der Waals surface area contributed by atoms with Crippen LogP contribution in [0.1, 0.15) is 50.1 Å². The zero-order chi connectivity index (χ0) is 14.7. The molecule has 0 aliphatic heterocycles. The van der Waals surface area contributed by atoms with Crippen molar-refractivity contribution >= 4 is 28.8 Å². The SMILES string of the molecule is CC(C)c1c(Cl)ncnc1NC(c1cccs1)C(C)C. The van der Waals surface area contributed by atoms with E-state index >= 15 is 0 Å². The van der Waals surface area contributed by atoms with E-state index in [1.807, 2.05) is 0 Å². The molecule has 0 aliphatic rings. The molecule has 1 unspecified atom stereocenters. The molecular weight excluding hydrogens is 290 g/mol. The van der Waals surface area contributed by atoms with Gasteiger partial charge in [0.15, 0.2) is 0 Å². The monoisotopic (exact) mass is 309 g/mol. The fraction of sp³-hybridized carbons (Fsp3) is 0.467. The first-order chi connectivity index (χ1) is 9.50. The molecule has 0 aliphatic carbocycles. The van der Waals surface area contributed by atoms with E-state index in [-0.39, 0.29) is 12.0 Å². The summed E-state index contributed by atoms with van der Waals surface area (Å²) < 4.78 is 0. The Balaban J connectivity index is 2.35. The van der Waals surface area contributed by atoms with Gasteiger partial charge in [-0.25, -0.2) is 9.97 Å². The average molecular weight is 310 g/mol. The quantitative estimate of drug-likeness (QED) is 0.779. The topological polar surface area (TPSA) is 37.8 Å². The van der Waals surface area contributed by atoms with Gasteiger partial charge in [-0.15, -0.1) is 11.3 Å². The van der Waals surface area contributed by atoms with Crippen molar-refractivity contribution in [3.63, 3.8) is 0 Å². The van der Waals surface area contributed by atoms with Gasteiger partial charge < -0.3 is 5.32 Å². The van der Waals surface area contributed by atoms with Crippen LogP contribution in [0.5, 0.6) is 0 Å². The molecule has 0 saturated carbocycles. The molecule has 20 heavy (non-hydrogen) atoms. The van der Waals surface area contributed by atoms with Gasteiger partial charge in [0.05, 0.1) is 6.04 Å². The summed E-state index contributed by atoms with van der Waals surface area (Å²) in [5, 5.41) is 6.18. The van der Waals surface area contributed by atoms with Gasteiger partial charge in [0.25, 0.3) is 0 Å². The molecule has 3 nitrogen and oxygen atoms in total. The van der Waals surface area contributed by atoms with Crippen LogP contribution in [-0.4, -0.2) is 9.97 Å². The van der Waals surface area contributed by atoms with Crippen molar-refractivity contribution < 1.29 is 0 Å². The van der Waals surface area contributed by atoms with Crippen LogP contribution in [0.2, 0.25) is 5.15 Å². The van der Waals surface area contributed by atoms with Crippen molar-refractivity contribution in [2.75, 3.05) is 5.32 Å². The van der Waals surface area contributed by atoms with Crippen LogP contribution in [0.25, 0.3) is 0 Å². The normalized spacial score (nSPS) is 12.9. The van der Waals surface area contributed by atoms with E-state index in [2.05, 4.69) is 60.5 Å². The summed E-state index contributed by atoms with van der Waals surface area (Å²) in [6.45, 7) is 8.61. The van der Waals surface area contributed by atoms with Crippen molar-refractivity contribution in [1.82, 2.24) is 9.97 Å². The first-order valence-electron chi connectivity index (χ1n) is 6.81. The van der Waals surface area contributed by atoms with Gasteiger partial charge in [0, 0.05) is 10.4 Å². The molecule has 2 rings (SSSR count). The van der Waals surface area contributed by atoms with E-state index in [4.69, 9.17) is 11.6 Å². The minimum atomic E-state index is 0.235. The second kappa shape index (κ2) is 6.55. The Bertz CT molecular complexity index is 552. The van der Waals surface area contributed by atoms with Crippen LogP contribution in [0.3, 0.4) is 0 Å². The lowest BCUT2D eigenvalue weighted by Gasteiger charge is -2.24. The first kappa shape index (κ1) is 15.3. The number of nitrogens with zero attached hydrogens (tertiary/aromatic N) is 2. The number of halogens is 1. The third kappa shape index (κ3) is 3.30. The van der Waals surface area contributed by atoms with E-state index in [0.717, 1.165) is 11.4 Å². The zero-order valence-electron chi connectivity index (χ0n) is 12.2. The van der Waals surface area contributed by atoms with E-state index in [1.54, 1.807) is 11.3 Å². The van der Waals surface area contributed by atoms with Gasteiger partial charge >= 0.3 is 0 Å². The number of rotatable bonds is 5. The highest BCUT2D eigenvalue weighted by Crippen LogP contribution is 2.34. The van der Waals surface area contributed by atoms with Crippen LogP contribution in [0, 0.1) is 5.92 Å². The fourth-order valence-corrected chi connectivity index (χ4v) is 3.48. The fourth-order valence-electron chi connectivity index (χ4n) is 2.18. The second-order valence-corrected chi connectivity index (χ2v) is 6.80. The van der Waals surface area contributed by atoms with Crippen LogP contribution in [0.4, 0.5) is 5.82 Å². The smallest absolute Gasteiger partial charge is 0.138 e. The number of nitrogens with one attached hydrogen (secondary N) is 1. The van der Waals surface area contributed by atoms with Crippen molar-refractivity contribution in [3.05, 3.63) is 39.4 Å². The molecule has 0 bridgehead atoms. The van der Waals surface area contributed by atoms with Crippen molar-refractivity contribution in [1.29, 1.82) is 0 Å². The minimum absolute atomic E-state index is 0.235. The van der Waals surface area contributed by atoms with Gasteiger partial charge in [-0.3, -0.25) is 0 Å². The molecule has 0 fully saturated rings. The maximum absolute atomic E-state index is 6.22. The minimum Gasteiger partial charge on any atom is -0.362 e. The van der Waals surface area contributed by atoms with Gasteiger partial charge in [0.1, 0.15) is 17.3 Å².